The molecule has 5 atom stereocenters. The van der Waals surface area contributed by atoms with Crippen molar-refractivity contribution in [2.75, 3.05) is 13.1 Å². The van der Waals surface area contributed by atoms with Crippen molar-refractivity contribution in [2.24, 2.45) is 11.8 Å². The number of ether oxygens (including phenoxy) is 2. The molecule has 4 aliphatic rings. The maximum atomic E-state index is 11.9. The first-order valence-corrected chi connectivity index (χ1v) is 8.47. The number of amides is 2. The average molecular weight is 308 g/mol. The molecule has 4 fully saturated rings. The second-order valence-corrected chi connectivity index (χ2v) is 7.43. The quantitative estimate of drug-likeness (QED) is 0.781. The molecule has 2 saturated heterocycles. The number of cyclic esters (lactones) is 2. The van der Waals surface area contributed by atoms with Gasteiger partial charge in [-0.1, -0.05) is 6.92 Å². The Bertz CT molecular complexity index is 493. The molecule has 0 aromatic heterocycles. The number of carbonyl (C=O) groups excluding carboxylic acids is 2. The molecule has 0 spiro atoms. The van der Waals surface area contributed by atoms with Crippen LogP contribution in [0, 0.1) is 11.8 Å². The lowest BCUT2D eigenvalue weighted by Gasteiger charge is -2.19. The molecule has 3 unspecified atom stereocenters. The standard InChI is InChI=1S/C16H24N2O4/c1-9(14-8-17(12-3-4-12)15(19)22-14)5-11-6-13(11)18-7-10(2)21-16(18)20/h9-14H,3-8H2,1-2H3/t9?,10-,11?,13?,14-/m1/s1. The topological polar surface area (TPSA) is 59.1 Å². The summed E-state index contributed by atoms with van der Waals surface area (Å²) in [6.45, 7) is 5.55. The SMILES string of the molecule is CC(CC1CC1N1C[C@@H](C)OC1=O)[C@H]1CN(C2CC2)C(=O)O1. The molecule has 0 aromatic rings. The molecular weight excluding hydrogens is 284 g/mol. The number of rotatable bonds is 5. The Balaban J connectivity index is 1.28. The maximum Gasteiger partial charge on any atom is 0.410 e. The maximum absolute atomic E-state index is 11.9. The molecule has 2 aliphatic carbocycles. The first-order chi connectivity index (χ1) is 10.5. The largest absolute Gasteiger partial charge is 0.444 e. The van der Waals surface area contributed by atoms with E-state index in [1.165, 1.54) is 0 Å². The van der Waals surface area contributed by atoms with Gasteiger partial charge in [-0.15, -0.1) is 0 Å². The van der Waals surface area contributed by atoms with Crippen molar-refractivity contribution in [3.05, 3.63) is 0 Å². The van der Waals surface area contributed by atoms with E-state index in [0.717, 1.165) is 32.2 Å². The van der Waals surface area contributed by atoms with Gasteiger partial charge in [-0.25, -0.2) is 9.59 Å². The van der Waals surface area contributed by atoms with Crippen LogP contribution in [-0.2, 0) is 9.47 Å². The summed E-state index contributed by atoms with van der Waals surface area (Å²) in [4.78, 5) is 27.4. The van der Waals surface area contributed by atoms with Crippen LogP contribution in [0.15, 0.2) is 0 Å². The smallest absolute Gasteiger partial charge is 0.410 e. The Morgan fingerprint density at radius 3 is 2.50 bits per heavy atom. The molecule has 122 valence electrons. The highest BCUT2D eigenvalue weighted by atomic mass is 16.6. The van der Waals surface area contributed by atoms with Crippen LogP contribution in [0.1, 0.15) is 39.5 Å². The van der Waals surface area contributed by atoms with Crippen LogP contribution < -0.4 is 0 Å². The molecule has 0 bridgehead atoms. The molecule has 0 aromatic carbocycles. The van der Waals surface area contributed by atoms with E-state index >= 15 is 0 Å². The lowest BCUT2D eigenvalue weighted by atomic mass is 9.97. The fourth-order valence-corrected chi connectivity index (χ4v) is 3.88. The molecule has 2 saturated carbocycles. The van der Waals surface area contributed by atoms with E-state index < -0.39 is 0 Å². The van der Waals surface area contributed by atoms with Crippen LogP contribution in [-0.4, -0.2) is 59.4 Å². The van der Waals surface area contributed by atoms with E-state index in [0.29, 0.717) is 30.5 Å². The minimum absolute atomic E-state index is 0.00839. The van der Waals surface area contributed by atoms with Crippen LogP contribution in [0.25, 0.3) is 0 Å². The Kier molecular flexibility index (Phi) is 3.24. The van der Waals surface area contributed by atoms with Crippen LogP contribution in [0.3, 0.4) is 0 Å². The van der Waals surface area contributed by atoms with Gasteiger partial charge in [0.05, 0.1) is 13.1 Å². The van der Waals surface area contributed by atoms with Gasteiger partial charge in [0, 0.05) is 12.1 Å². The van der Waals surface area contributed by atoms with Crippen molar-refractivity contribution in [1.29, 1.82) is 0 Å². The monoisotopic (exact) mass is 308 g/mol. The predicted molar refractivity (Wildman–Crippen MR) is 78.3 cm³/mol. The van der Waals surface area contributed by atoms with Crippen molar-refractivity contribution < 1.29 is 19.1 Å². The van der Waals surface area contributed by atoms with E-state index in [4.69, 9.17) is 9.47 Å². The Hall–Kier alpha value is -1.46. The summed E-state index contributed by atoms with van der Waals surface area (Å²) in [6, 6.07) is 0.760. The number of hydrogen-bond acceptors (Lipinski definition) is 4. The van der Waals surface area contributed by atoms with Gasteiger partial charge in [-0.2, -0.15) is 0 Å². The van der Waals surface area contributed by atoms with E-state index in [9.17, 15) is 9.59 Å². The highest BCUT2D eigenvalue weighted by Gasteiger charge is 2.49. The van der Waals surface area contributed by atoms with Gasteiger partial charge in [-0.3, -0.25) is 0 Å². The highest BCUT2D eigenvalue weighted by molar-refractivity contribution is 5.71. The average Bonchev–Trinajstić information content (AvgIpc) is 3.36. The summed E-state index contributed by atoms with van der Waals surface area (Å²) in [5.74, 6) is 0.875. The minimum Gasteiger partial charge on any atom is -0.444 e. The third-order valence-corrected chi connectivity index (χ3v) is 5.44. The van der Waals surface area contributed by atoms with Crippen molar-refractivity contribution in [2.45, 2.75) is 63.8 Å². The predicted octanol–water partition coefficient (Wildman–Crippen LogP) is 2.23. The van der Waals surface area contributed by atoms with Gasteiger partial charge < -0.3 is 19.3 Å². The van der Waals surface area contributed by atoms with Crippen LogP contribution in [0.2, 0.25) is 0 Å². The van der Waals surface area contributed by atoms with E-state index in [1.54, 1.807) is 0 Å². The van der Waals surface area contributed by atoms with Gasteiger partial charge in [0.1, 0.15) is 12.2 Å². The van der Waals surface area contributed by atoms with Crippen molar-refractivity contribution >= 4 is 12.2 Å². The Morgan fingerprint density at radius 1 is 1.14 bits per heavy atom. The van der Waals surface area contributed by atoms with Crippen molar-refractivity contribution in [3.63, 3.8) is 0 Å². The van der Waals surface area contributed by atoms with E-state index in [1.807, 2.05) is 16.7 Å². The second kappa shape index (κ2) is 5.03. The molecule has 0 radical (unpaired) electrons. The van der Waals surface area contributed by atoms with Crippen molar-refractivity contribution in [3.8, 4) is 0 Å². The molecule has 2 amide bonds. The van der Waals surface area contributed by atoms with Gasteiger partial charge in [0.25, 0.3) is 0 Å². The fraction of sp³-hybridized carbons (Fsp3) is 0.875. The molecular formula is C16H24N2O4. The van der Waals surface area contributed by atoms with Gasteiger partial charge in [0.15, 0.2) is 0 Å². The minimum atomic E-state index is -0.167. The molecule has 22 heavy (non-hydrogen) atoms. The number of nitrogens with zero attached hydrogens (tertiary/aromatic N) is 2. The molecule has 2 aliphatic heterocycles. The number of hydrogen-bond donors (Lipinski definition) is 0. The van der Waals surface area contributed by atoms with Crippen LogP contribution in [0.4, 0.5) is 9.59 Å². The number of carbonyl (C=O) groups is 2. The third-order valence-electron chi connectivity index (χ3n) is 5.44. The normalized spacial score (nSPS) is 39.0. The van der Waals surface area contributed by atoms with E-state index in [2.05, 4.69) is 6.92 Å². The van der Waals surface area contributed by atoms with Crippen LogP contribution >= 0.6 is 0 Å². The zero-order chi connectivity index (χ0) is 15.4. The molecule has 6 nitrogen and oxygen atoms in total. The van der Waals surface area contributed by atoms with E-state index in [-0.39, 0.29) is 24.4 Å². The summed E-state index contributed by atoms with van der Waals surface area (Å²) < 4.78 is 10.7. The Labute approximate surface area is 130 Å². The molecule has 4 rings (SSSR count). The van der Waals surface area contributed by atoms with Crippen molar-refractivity contribution in [1.82, 2.24) is 9.80 Å². The zero-order valence-electron chi connectivity index (χ0n) is 13.2. The van der Waals surface area contributed by atoms with Gasteiger partial charge in [0.2, 0.25) is 0 Å². The summed E-state index contributed by atoms with van der Waals surface area (Å²) >= 11 is 0. The molecule has 2 heterocycles. The summed E-state index contributed by atoms with van der Waals surface area (Å²) in [6.07, 6.45) is 4.03. The van der Waals surface area contributed by atoms with Crippen LogP contribution in [0.5, 0.6) is 0 Å². The first kappa shape index (κ1) is 14.2. The third kappa shape index (κ3) is 2.52. The lowest BCUT2D eigenvalue weighted by molar-refractivity contribution is 0.102. The Morgan fingerprint density at radius 2 is 1.86 bits per heavy atom. The summed E-state index contributed by atoms with van der Waals surface area (Å²) in [5, 5.41) is 0. The zero-order valence-corrected chi connectivity index (χ0v) is 13.2. The summed E-state index contributed by atoms with van der Waals surface area (Å²) in [5.41, 5.74) is 0. The lowest BCUT2D eigenvalue weighted by Crippen LogP contribution is -2.30. The fourth-order valence-electron chi connectivity index (χ4n) is 3.88. The molecule has 0 N–H and O–H groups in total. The molecule has 6 heteroatoms. The van der Waals surface area contributed by atoms with Gasteiger partial charge in [-0.05, 0) is 44.4 Å². The summed E-state index contributed by atoms with van der Waals surface area (Å²) in [7, 11) is 0. The highest BCUT2D eigenvalue weighted by Crippen LogP contribution is 2.43. The first-order valence-electron chi connectivity index (χ1n) is 8.47. The van der Waals surface area contributed by atoms with Gasteiger partial charge >= 0.3 is 12.2 Å². The second-order valence-electron chi connectivity index (χ2n) is 7.43.